The van der Waals surface area contributed by atoms with Gasteiger partial charge in [-0.15, -0.1) is 0 Å². The van der Waals surface area contributed by atoms with Gasteiger partial charge >= 0.3 is 0 Å². The molecule has 20 heavy (non-hydrogen) atoms. The molecule has 2 atom stereocenters. The van der Waals surface area contributed by atoms with E-state index in [1.54, 1.807) is 4.90 Å². The van der Waals surface area contributed by atoms with Gasteiger partial charge < -0.3 is 15.4 Å². The van der Waals surface area contributed by atoms with Crippen LogP contribution in [-0.4, -0.2) is 36.1 Å². The second kappa shape index (κ2) is 7.07. The minimum absolute atomic E-state index is 0.0166. The molecule has 1 aromatic rings. The Labute approximate surface area is 124 Å². The first-order chi connectivity index (χ1) is 9.65. The van der Waals surface area contributed by atoms with Gasteiger partial charge in [-0.1, -0.05) is 29.8 Å². The second-order valence-corrected chi connectivity index (χ2v) is 5.41. The van der Waals surface area contributed by atoms with Crippen LogP contribution in [0.15, 0.2) is 24.3 Å². The smallest absolute Gasteiger partial charge is 0.252 e. The maximum absolute atomic E-state index is 12.5. The molecule has 1 aliphatic rings. The maximum atomic E-state index is 12.5. The standard InChI is InChI=1S/C15H21ClN2O2/c1-2-18(10-11-5-3-4-6-13(11)16)15(19)14-8-7-12(9-17)20-14/h3-6,12,14H,2,7-10,17H2,1H3. The van der Waals surface area contributed by atoms with Gasteiger partial charge in [0.15, 0.2) is 0 Å². The van der Waals surface area contributed by atoms with E-state index in [-0.39, 0.29) is 18.1 Å². The Bertz CT molecular complexity index is 467. The zero-order chi connectivity index (χ0) is 14.5. The van der Waals surface area contributed by atoms with Crippen LogP contribution in [0, 0.1) is 0 Å². The minimum atomic E-state index is -0.356. The number of rotatable bonds is 5. The quantitative estimate of drug-likeness (QED) is 0.906. The van der Waals surface area contributed by atoms with E-state index in [4.69, 9.17) is 22.1 Å². The molecule has 2 N–H and O–H groups in total. The Morgan fingerprint density at radius 1 is 1.45 bits per heavy atom. The lowest BCUT2D eigenvalue weighted by Gasteiger charge is -2.24. The van der Waals surface area contributed by atoms with E-state index >= 15 is 0 Å². The van der Waals surface area contributed by atoms with Gasteiger partial charge in [0, 0.05) is 24.7 Å². The summed E-state index contributed by atoms with van der Waals surface area (Å²) in [7, 11) is 0. The van der Waals surface area contributed by atoms with Crippen molar-refractivity contribution < 1.29 is 9.53 Å². The van der Waals surface area contributed by atoms with Crippen molar-refractivity contribution in [2.75, 3.05) is 13.1 Å². The third kappa shape index (κ3) is 3.51. The molecular weight excluding hydrogens is 276 g/mol. The lowest BCUT2D eigenvalue weighted by Crippen LogP contribution is -2.39. The molecular formula is C15H21ClN2O2. The zero-order valence-electron chi connectivity index (χ0n) is 11.7. The molecule has 2 unspecified atom stereocenters. The SMILES string of the molecule is CCN(Cc1ccccc1Cl)C(=O)C1CCC(CN)O1. The summed E-state index contributed by atoms with van der Waals surface area (Å²) < 4.78 is 5.67. The molecule has 1 fully saturated rings. The first-order valence-electron chi connectivity index (χ1n) is 7.03. The van der Waals surface area contributed by atoms with Gasteiger partial charge in [0.05, 0.1) is 6.10 Å². The predicted molar refractivity (Wildman–Crippen MR) is 79.5 cm³/mol. The van der Waals surface area contributed by atoms with E-state index in [0.717, 1.165) is 18.4 Å². The summed E-state index contributed by atoms with van der Waals surface area (Å²) in [6, 6.07) is 7.59. The molecule has 110 valence electrons. The summed E-state index contributed by atoms with van der Waals surface area (Å²) in [6.07, 6.45) is 1.27. The molecule has 1 amide bonds. The first kappa shape index (κ1) is 15.3. The molecule has 0 bridgehead atoms. The van der Waals surface area contributed by atoms with Gasteiger partial charge in [0.1, 0.15) is 6.10 Å². The lowest BCUT2D eigenvalue weighted by molar-refractivity contribution is -0.143. The molecule has 1 saturated heterocycles. The fourth-order valence-electron chi connectivity index (χ4n) is 2.44. The molecule has 5 heteroatoms. The number of nitrogens with two attached hydrogens (primary N) is 1. The summed E-state index contributed by atoms with van der Waals surface area (Å²) in [6.45, 7) is 3.59. The Morgan fingerprint density at radius 3 is 2.80 bits per heavy atom. The molecule has 0 saturated carbocycles. The molecule has 0 spiro atoms. The fourth-order valence-corrected chi connectivity index (χ4v) is 2.64. The highest BCUT2D eigenvalue weighted by molar-refractivity contribution is 6.31. The molecule has 0 aromatic heterocycles. The van der Waals surface area contributed by atoms with Crippen molar-refractivity contribution >= 4 is 17.5 Å². The Hall–Kier alpha value is -1.10. The number of nitrogens with zero attached hydrogens (tertiary/aromatic N) is 1. The molecule has 2 rings (SSSR count). The first-order valence-corrected chi connectivity index (χ1v) is 7.41. The van der Waals surface area contributed by atoms with Crippen LogP contribution in [-0.2, 0) is 16.1 Å². The average Bonchev–Trinajstić information content (AvgIpc) is 2.94. The lowest BCUT2D eigenvalue weighted by atomic mass is 10.1. The summed E-state index contributed by atoms with van der Waals surface area (Å²) >= 11 is 6.15. The number of hydrogen-bond acceptors (Lipinski definition) is 3. The number of ether oxygens (including phenoxy) is 1. The molecule has 1 aliphatic heterocycles. The number of amides is 1. The van der Waals surface area contributed by atoms with Crippen LogP contribution >= 0.6 is 11.6 Å². The third-order valence-electron chi connectivity index (χ3n) is 3.66. The van der Waals surface area contributed by atoms with Crippen molar-refractivity contribution in [2.45, 2.75) is 38.5 Å². The number of halogens is 1. The number of likely N-dealkylation sites (N-methyl/N-ethyl adjacent to an activating group) is 1. The van der Waals surface area contributed by atoms with Gasteiger partial charge in [-0.25, -0.2) is 0 Å². The van der Waals surface area contributed by atoms with Gasteiger partial charge in [0.2, 0.25) is 0 Å². The molecule has 1 heterocycles. The number of hydrogen-bond donors (Lipinski definition) is 1. The normalized spacial score (nSPS) is 21.9. The monoisotopic (exact) mass is 296 g/mol. The van der Waals surface area contributed by atoms with Crippen molar-refractivity contribution in [3.63, 3.8) is 0 Å². The minimum Gasteiger partial charge on any atom is -0.364 e. The van der Waals surface area contributed by atoms with Gasteiger partial charge in [-0.05, 0) is 31.4 Å². The number of carbonyl (C=O) groups is 1. The third-order valence-corrected chi connectivity index (χ3v) is 4.03. The van der Waals surface area contributed by atoms with Crippen molar-refractivity contribution in [1.29, 1.82) is 0 Å². The van der Waals surface area contributed by atoms with E-state index < -0.39 is 0 Å². The number of carbonyl (C=O) groups excluding carboxylic acids is 1. The van der Waals surface area contributed by atoms with E-state index in [1.165, 1.54) is 0 Å². The van der Waals surface area contributed by atoms with Crippen molar-refractivity contribution in [3.8, 4) is 0 Å². The summed E-state index contributed by atoms with van der Waals surface area (Å²) in [5.41, 5.74) is 6.54. The highest BCUT2D eigenvalue weighted by Crippen LogP contribution is 2.23. The van der Waals surface area contributed by atoms with Crippen molar-refractivity contribution in [3.05, 3.63) is 34.9 Å². The molecule has 1 aromatic carbocycles. The van der Waals surface area contributed by atoms with Crippen LogP contribution in [0.1, 0.15) is 25.3 Å². The second-order valence-electron chi connectivity index (χ2n) is 5.00. The summed E-state index contributed by atoms with van der Waals surface area (Å²) in [5.74, 6) is 0.0309. The van der Waals surface area contributed by atoms with E-state index in [1.807, 2.05) is 31.2 Å². The predicted octanol–water partition coefficient (Wildman–Crippen LogP) is 2.19. The highest BCUT2D eigenvalue weighted by Gasteiger charge is 2.32. The van der Waals surface area contributed by atoms with Crippen LogP contribution < -0.4 is 5.73 Å². The Morgan fingerprint density at radius 2 is 2.20 bits per heavy atom. The molecule has 0 radical (unpaired) electrons. The van der Waals surface area contributed by atoms with Gasteiger partial charge in [-0.2, -0.15) is 0 Å². The van der Waals surface area contributed by atoms with E-state index in [9.17, 15) is 4.79 Å². The summed E-state index contributed by atoms with van der Waals surface area (Å²) in [5, 5.41) is 0.686. The maximum Gasteiger partial charge on any atom is 0.252 e. The molecule has 0 aliphatic carbocycles. The van der Waals surface area contributed by atoms with Crippen LogP contribution in [0.3, 0.4) is 0 Å². The highest BCUT2D eigenvalue weighted by atomic mass is 35.5. The van der Waals surface area contributed by atoms with Gasteiger partial charge in [-0.3, -0.25) is 4.79 Å². The van der Waals surface area contributed by atoms with Crippen molar-refractivity contribution in [2.24, 2.45) is 5.73 Å². The van der Waals surface area contributed by atoms with E-state index in [0.29, 0.717) is 24.7 Å². The van der Waals surface area contributed by atoms with E-state index in [2.05, 4.69) is 0 Å². The van der Waals surface area contributed by atoms with Crippen molar-refractivity contribution in [1.82, 2.24) is 4.90 Å². The largest absolute Gasteiger partial charge is 0.364 e. The van der Waals surface area contributed by atoms with Crippen LogP contribution in [0.5, 0.6) is 0 Å². The van der Waals surface area contributed by atoms with Gasteiger partial charge in [0.25, 0.3) is 5.91 Å². The van der Waals surface area contributed by atoms with Crippen LogP contribution in [0.2, 0.25) is 5.02 Å². The topological polar surface area (TPSA) is 55.6 Å². The summed E-state index contributed by atoms with van der Waals surface area (Å²) in [4.78, 5) is 14.3. The van der Waals surface area contributed by atoms with Crippen LogP contribution in [0.25, 0.3) is 0 Å². The zero-order valence-corrected chi connectivity index (χ0v) is 12.5. The fraction of sp³-hybridized carbons (Fsp3) is 0.533. The van der Waals surface area contributed by atoms with Crippen LogP contribution in [0.4, 0.5) is 0 Å². The Balaban J connectivity index is 2.01. The molecule has 4 nitrogen and oxygen atoms in total. The Kier molecular flexibility index (Phi) is 5.40. The number of benzene rings is 1. The average molecular weight is 297 g/mol.